The van der Waals surface area contributed by atoms with E-state index < -0.39 is 0 Å². The highest BCUT2D eigenvalue weighted by molar-refractivity contribution is 9.10. The first-order valence-corrected chi connectivity index (χ1v) is 7.75. The van der Waals surface area contributed by atoms with Crippen LogP contribution in [0, 0.1) is 0 Å². The molecule has 1 aromatic rings. The van der Waals surface area contributed by atoms with Crippen LogP contribution in [0.3, 0.4) is 0 Å². The number of likely N-dealkylation sites (N-methyl/N-ethyl adjacent to an activating group) is 1. The van der Waals surface area contributed by atoms with Gasteiger partial charge >= 0.3 is 0 Å². The molecular formula is C14H21BrN4O. The summed E-state index contributed by atoms with van der Waals surface area (Å²) >= 11 is 3.25. The molecule has 1 N–H and O–H groups in total. The topological polar surface area (TPSA) is 48.5 Å². The first kappa shape index (κ1) is 15.4. The Morgan fingerprint density at radius 2 is 2.10 bits per heavy atom. The Morgan fingerprint density at radius 1 is 1.35 bits per heavy atom. The second-order valence-corrected chi connectivity index (χ2v) is 5.94. The molecule has 5 nitrogen and oxygen atoms in total. The minimum Gasteiger partial charge on any atom is -0.352 e. The van der Waals surface area contributed by atoms with Crippen LogP contribution in [-0.4, -0.2) is 67.0 Å². The van der Waals surface area contributed by atoms with Crippen LogP contribution in [0.2, 0.25) is 0 Å². The maximum Gasteiger partial charge on any atom is 0.252 e. The van der Waals surface area contributed by atoms with Crippen molar-refractivity contribution in [3.8, 4) is 0 Å². The molecule has 0 radical (unpaired) electrons. The predicted molar refractivity (Wildman–Crippen MR) is 82.8 cm³/mol. The number of pyridine rings is 1. The van der Waals surface area contributed by atoms with Gasteiger partial charge in [0, 0.05) is 38.9 Å². The third-order valence-corrected chi connectivity index (χ3v) is 3.99. The SMILES string of the molecule is CN1CCN(CCCNC(=O)c2ccc(Br)nc2)CC1. The van der Waals surface area contributed by atoms with Crippen LogP contribution in [-0.2, 0) is 0 Å². The normalized spacial score (nSPS) is 17.1. The number of hydrogen-bond donors (Lipinski definition) is 1. The number of rotatable bonds is 5. The minimum atomic E-state index is -0.0524. The summed E-state index contributed by atoms with van der Waals surface area (Å²) in [6.45, 7) is 6.28. The number of nitrogens with one attached hydrogen (secondary N) is 1. The molecule has 1 aliphatic heterocycles. The standard InChI is InChI=1S/C14H21BrN4O/c1-18-7-9-19(10-8-18)6-2-5-16-14(20)12-3-4-13(15)17-11-12/h3-4,11H,2,5-10H2,1H3,(H,16,20). The smallest absolute Gasteiger partial charge is 0.252 e. The minimum absolute atomic E-state index is 0.0524. The van der Waals surface area contributed by atoms with E-state index in [9.17, 15) is 4.79 Å². The van der Waals surface area contributed by atoms with E-state index in [0.29, 0.717) is 12.1 Å². The summed E-state index contributed by atoms with van der Waals surface area (Å²) in [6, 6.07) is 3.55. The Morgan fingerprint density at radius 3 is 2.75 bits per heavy atom. The van der Waals surface area contributed by atoms with Crippen LogP contribution in [0.15, 0.2) is 22.9 Å². The van der Waals surface area contributed by atoms with Crippen LogP contribution in [0.1, 0.15) is 16.8 Å². The highest BCUT2D eigenvalue weighted by Crippen LogP contribution is 2.06. The van der Waals surface area contributed by atoms with Gasteiger partial charge in [-0.3, -0.25) is 4.79 Å². The lowest BCUT2D eigenvalue weighted by atomic mass is 10.2. The molecule has 0 saturated carbocycles. The van der Waals surface area contributed by atoms with Crippen molar-refractivity contribution in [2.75, 3.05) is 46.3 Å². The summed E-state index contributed by atoms with van der Waals surface area (Å²) < 4.78 is 0.740. The van der Waals surface area contributed by atoms with E-state index in [4.69, 9.17) is 0 Å². The summed E-state index contributed by atoms with van der Waals surface area (Å²) in [5.74, 6) is -0.0524. The largest absolute Gasteiger partial charge is 0.352 e. The highest BCUT2D eigenvalue weighted by Gasteiger charge is 2.13. The molecule has 6 heteroatoms. The summed E-state index contributed by atoms with van der Waals surface area (Å²) in [5, 5.41) is 2.94. The number of halogens is 1. The van der Waals surface area contributed by atoms with Crippen LogP contribution in [0.5, 0.6) is 0 Å². The van der Waals surface area contributed by atoms with Crippen molar-refractivity contribution in [1.82, 2.24) is 20.1 Å². The Bertz CT molecular complexity index is 429. The molecule has 1 amide bonds. The molecule has 1 aromatic heterocycles. The van der Waals surface area contributed by atoms with Gasteiger partial charge in [0.05, 0.1) is 5.56 Å². The molecule has 1 fully saturated rings. The van der Waals surface area contributed by atoms with Gasteiger partial charge in [0.2, 0.25) is 0 Å². The third-order valence-electron chi connectivity index (χ3n) is 3.52. The lowest BCUT2D eigenvalue weighted by Gasteiger charge is -2.32. The first-order valence-electron chi connectivity index (χ1n) is 6.96. The Balaban J connectivity index is 1.63. The van der Waals surface area contributed by atoms with Gasteiger partial charge in [0.1, 0.15) is 4.60 Å². The van der Waals surface area contributed by atoms with Gasteiger partial charge in [0.25, 0.3) is 5.91 Å². The molecule has 2 rings (SSSR count). The first-order chi connectivity index (χ1) is 9.65. The Labute approximate surface area is 128 Å². The zero-order valence-corrected chi connectivity index (χ0v) is 13.4. The summed E-state index contributed by atoms with van der Waals surface area (Å²) in [5.41, 5.74) is 0.604. The molecule has 20 heavy (non-hydrogen) atoms. The lowest BCUT2D eigenvalue weighted by molar-refractivity contribution is 0.0949. The van der Waals surface area contributed by atoms with E-state index in [0.717, 1.165) is 43.7 Å². The van der Waals surface area contributed by atoms with Gasteiger partial charge in [-0.2, -0.15) is 0 Å². The average molecular weight is 341 g/mol. The van der Waals surface area contributed by atoms with E-state index in [-0.39, 0.29) is 5.91 Å². The van der Waals surface area contributed by atoms with Gasteiger partial charge in [0.15, 0.2) is 0 Å². The van der Waals surface area contributed by atoms with Crippen LogP contribution < -0.4 is 5.32 Å². The zero-order chi connectivity index (χ0) is 14.4. The van der Waals surface area contributed by atoms with E-state index in [1.165, 1.54) is 0 Å². The fourth-order valence-corrected chi connectivity index (χ4v) is 2.42. The number of hydrogen-bond acceptors (Lipinski definition) is 4. The van der Waals surface area contributed by atoms with Crippen molar-refractivity contribution >= 4 is 21.8 Å². The summed E-state index contributed by atoms with van der Waals surface area (Å²) in [6.07, 6.45) is 2.57. The number of carbonyl (C=O) groups is 1. The van der Waals surface area contributed by atoms with Crippen molar-refractivity contribution in [3.63, 3.8) is 0 Å². The maximum atomic E-state index is 11.9. The molecule has 0 spiro atoms. The fraction of sp³-hybridized carbons (Fsp3) is 0.571. The second kappa shape index (κ2) is 7.71. The molecule has 0 aliphatic carbocycles. The van der Waals surface area contributed by atoms with Crippen molar-refractivity contribution in [2.24, 2.45) is 0 Å². The number of aromatic nitrogens is 1. The number of piperazine rings is 1. The number of nitrogens with zero attached hydrogens (tertiary/aromatic N) is 3. The Hall–Kier alpha value is -0.980. The number of carbonyl (C=O) groups excluding carboxylic acids is 1. The van der Waals surface area contributed by atoms with Gasteiger partial charge in [-0.05, 0) is 48.1 Å². The third kappa shape index (κ3) is 4.85. The van der Waals surface area contributed by atoms with E-state index >= 15 is 0 Å². The van der Waals surface area contributed by atoms with Crippen molar-refractivity contribution in [1.29, 1.82) is 0 Å². The molecule has 0 unspecified atom stereocenters. The fourth-order valence-electron chi connectivity index (χ4n) is 2.19. The molecule has 110 valence electrons. The highest BCUT2D eigenvalue weighted by atomic mass is 79.9. The molecule has 1 saturated heterocycles. The van der Waals surface area contributed by atoms with Crippen molar-refractivity contribution < 1.29 is 4.79 Å². The van der Waals surface area contributed by atoms with E-state index in [1.807, 2.05) is 0 Å². The predicted octanol–water partition coefficient (Wildman–Crippen LogP) is 1.21. The quantitative estimate of drug-likeness (QED) is 0.646. The lowest BCUT2D eigenvalue weighted by Crippen LogP contribution is -2.45. The van der Waals surface area contributed by atoms with Crippen LogP contribution in [0.4, 0.5) is 0 Å². The van der Waals surface area contributed by atoms with Crippen molar-refractivity contribution in [2.45, 2.75) is 6.42 Å². The van der Waals surface area contributed by atoms with Gasteiger partial charge in [-0.15, -0.1) is 0 Å². The number of amides is 1. The van der Waals surface area contributed by atoms with E-state index in [1.54, 1.807) is 18.3 Å². The van der Waals surface area contributed by atoms with Crippen LogP contribution in [0.25, 0.3) is 0 Å². The van der Waals surface area contributed by atoms with Gasteiger partial charge < -0.3 is 15.1 Å². The monoisotopic (exact) mass is 340 g/mol. The summed E-state index contributed by atoms with van der Waals surface area (Å²) in [4.78, 5) is 20.7. The van der Waals surface area contributed by atoms with Gasteiger partial charge in [-0.1, -0.05) is 0 Å². The van der Waals surface area contributed by atoms with Crippen LogP contribution >= 0.6 is 15.9 Å². The average Bonchev–Trinajstić information content (AvgIpc) is 2.46. The molecule has 0 bridgehead atoms. The molecule has 0 aromatic carbocycles. The zero-order valence-electron chi connectivity index (χ0n) is 11.8. The van der Waals surface area contributed by atoms with E-state index in [2.05, 4.69) is 43.1 Å². The molecular weight excluding hydrogens is 320 g/mol. The summed E-state index contributed by atoms with van der Waals surface area (Å²) in [7, 11) is 2.16. The van der Waals surface area contributed by atoms with Crippen molar-refractivity contribution in [3.05, 3.63) is 28.5 Å². The molecule has 1 aliphatic rings. The molecule has 2 heterocycles. The Kier molecular flexibility index (Phi) is 5.94. The molecule has 0 atom stereocenters. The maximum absolute atomic E-state index is 11.9. The van der Waals surface area contributed by atoms with Gasteiger partial charge in [-0.25, -0.2) is 4.98 Å². The second-order valence-electron chi connectivity index (χ2n) is 5.12.